The number of methoxy groups -OCH3 is 1. The summed E-state index contributed by atoms with van der Waals surface area (Å²) in [6.45, 7) is 3.41. The summed E-state index contributed by atoms with van der Waals surface area (Å²) in [6.07, 6.45) is 0. The number of ether oxygens (including phenoxy) is 1. The Morgan fingerprint density at radius 2 is 2.05 bits per heavy atom. The van der Waals surface area contributed by atoms with Crippen molar-refractivity contribution in [2.45, 2.75) is 19.9 Å². The maximum absolute atomic E-state index is 11.9. The van der Waals surface area contributed by atoms with E-state index in [1.807, 2.05) is 0 Å². The zero-order valence-electron chi connectivity index (χ0n) is 12.1. The average molecular weight is 315 g/mol. The van der Waals surface area contributed by atoms with Gasteiger partial charge in [0.05, 0.1) is 19.3 Å². The van der Waals surface area contributed by atoms with E-state index in [1.165, 1.54) is 7.11 Å². The Balaban J connectivity index is 2.66. The molecular weight excluding hydrogens is 296 g/mol. The molecule has 0 aromatic heterocycles. The number of benzene rings is 1. The third-order valence-electron chi connectivity index (χ3n) is 2.85. The number of carboxylic acid groups (broad SMARTS) is 1. The lowest BCUT2D eigenvalue weighted by atomic mass is 10.1. The number of nitrogens with one attached hydrogen (secondary N) is 2. The van der Waals surface area contributed by atoms with Crippen LogP contribution in [-0.4, -0.2) is 36.7 Å². The normalized spacial score (nSPS) is 12.0. The molecule has 0 aliphatic carbocycles. The number of hydrogen-bond acceptors (Lipinski definition) is 4. The van der Waals surface area contributed by atoms with Gasteiger partial charge >= 0.3 is 5.97 Å². The summed E-state index contributed by atoms with van der Waals surface area (Å²) < 4.78 is 5.12. The zero-order chi connectivity index (χ0) is 16.0. The predicted octanol–water partition coefficient (Wildman–Crippen LogP) is 1.99. The monoisotopic (exact) mass is 314 g/mol. The molecule has 1 unspecified atom stereocenters. The maximum atomic E-state index is 11.9. The number of carbonyl (C=O) groups excluding carboxylic acids is 1. The molecule has 0 spiro atoms. The lowest BCUT2D eigenvalue weighted by Crippen LogP contribution is -2.44. The molecule has 0 heterocycles. The smallest absolute Gasteiger partial charge is 0.320 e. The molecule has 0 bridgehead atoms. The van der Waals surface area contributed by atoms with Crippen molar-refractivity contribution < 1.29 is 19.4 Å². The Morgan fingerprint density at radius 3 is 2.57 bits per heavy atom. The number of hydrogen-bond donors (Lipinski definition) is 3. The average Bonchev–Trinajstić information content (AvgIpc) is 2.38. The molecule has 21 heavy (non-hydrogen) atoms. The van der Waals surface area contributed by atoms with Crippen LogP contribution >= 0.6 is 11.6 Å². The van der Waals surface area contributed by atoms with Crippen molar-refractivity contribution in [2.24, 2.45) is 5.92 Å². The van der Waals surface area contributed by atoms with E-state index in [0.717, 1.165) is 0 Å². The second-order valence-corrected chi connectivity index (χ2v) is 5.27. The fourth-order valence-electron chi connectivity index (χ4n) is 1.78. The molecule has 116 valence electrons. The van der Waals surface area contributed by atoms with Gasteiger partial charge in [-0.15, -0.1) is 0 Å². The highest BCUT2D eigenvalue weighted by Gasteiger charge is 2.21. The van der Waals surface area contributed by atoms with Gasteiger partial charge in [-0.05, 0) is 24.1 Å². The largest absolute Gasteiger partial charge is 0.495 e. The zero-order valence-corrected chi connectivity index (χ0v) is 12.9. The highest BCUT2D eigenvalue weighted by Crippen LogP contribution is 2.27. The van der Waals surface area contributed by atoms with Crippen LogP contribution in [0.5, 0.6) is 5.75 Å². The summed E-state index contributed by atoms with van der Waals surface area (Å²) in [5.74, 6) is -1.01. The summed E-state index contributed by atoms with van der Waals surface area (Å²) >= 11 is 5.87. The predicted molar refractivity (Wildman–Crippen MR) is 80.9 cm³/mol. The van der Waals surface area contributed by atoms with Crippen LogP contribution in [0.3, 0.4) is 0 Å². The fraction of sp³-hybridized carbons (Fsp3) is 0.429. The second-order valence-electron chi connectivity index (χ2n) is 4.83. The summed E-state index contributed by atoms with van der Waals surface area (Å²) in [5, 5.41) is 14.8. The first-order valence-corrected chi connectivity index (χ1v) is 6.82. The van der Waals surface area contributed by atoms with Gasteiger partial charge in [-0.25, -0.2) is 0 Å². The van der Waals surface area contributed by atoms with Gasteiger partial charge in [0.1, 0.15) is 11.8 Å². The van der Waals surface area contributed by atoms with Crippen LogP contribution in [0.25, 0.3) is 0 Å². The van der Waals surface area contributed by atoms with Crippen LogP contribution in [0.15, 0.2) is 18.2 Å². The first kappa shape index (κ1) is 17.3. The van der Waals surface area contributed by atoms with Crippen molar-refractivity contribution in [1.29, 1.82) is 0 Å². The fourth-order valence-corrected chi connectivity index (χ4v) is 1.96. The number of carbonyl (C=O) groups is 2. The summed E-state index contributed by atoms with van der Waals surface area (Å²) in [7, 11) is 1.48. The molecule has 0 radical (unpaired) electrons. The third-order valence-corrected chi connectivity index (χ3v) is 3.09. The number of halogens is 1. The van der Waals surface area contributed by atoms with Crippen LogP contribution in [0.4, 0.5) is 5.69 Å². The highest BCUT2D eigenvalue weighted by molar-refractivity contribution is 6.31. The first-order valence-electron chi connectivity index (χ1n) is 6.44. The molecule has 1 aromatic rings. The molecule has 1 aromatic carbocycles. The summed E-state index contributed by atoms with van der Waals surface area (Å²) in [6, 6.07) is 4.07. The number of rotatable bonds is 7. The molecule has 6 nitrogen and oxygen atoms in total. The van der Waals surface area contributed by atoms with Crippen molar-refractivity contribution in [2.75, 3.05) is 19.0 Å². The standard InChI is InChI=1S/C14H19ClN2O4/c1-8(2)13(14(19)20)16-7-12(18)17-10-6-9(15)4-5-11(10)21-3/h4-6,8,13,16H,7H2,1-3H3,(H,17,18)(H,19,20). The topological polar surface area (TPSA) is 87.7 Å². The molecule has 1 rings (SSSR count). The quantitative estimate of drug-likeness (QED) is 0.716. The van der Waals surface area contributed by atoms with Crippen LogP contribution in [0.1, 0.15) is 13.8 Å². The van der Waals surface area contributed by atoms with Crippen molar-refractivity contribution in [3.63, 3.8) is 0 Å². The van der Waals surface area contributed by atoms with Gasteiger partial charge < -0.3 is 15.2 Å². The number of amides is 1. The Hall–Kier alpha value is -1.79. The third kappa shape index (κ3) is 5.24. The van der Waals surface area contributed by atoms with E-state index >= 15 is 0 Å². The Labute approximate surface area is 128 Å². The van der Waals surface area contributed by atoms with E-state index in [0.29, 0.717) is 16.5 Å². The Bertz CT molecular complexity index is 520. The van der Waals surface area contributed by atoms with E-state index in [9.17, 15) is 9.59 Å². The summed E-state index contributed by atoms with van der Waals surface area (Å²) in [4.78, 5) is 22.9. The minimum atomic E-state index is -0.988. The van der Waals surface area contributed by atoms with Gasteiger partial charge in [-0.3, -0.25) is 14.9 Å². The molecule has 0 fully saturated rings. The second kappa shape index (κ2) is 7.85. The lowest BCUT2D eigenvalue weighted by molar-refractivity contribution is -0.140. The van der Waals surface area contributed by atoms with Crippen molar-refractivity contribution in [3.8, 4) is 5.75 Å². The molecule has 0 saturated carbocycles. The van der Waals surface area contributed by atoms with E-state index in [4.69, 9.17) is 21.4 Å². The highest BCUT2D eigenvalue weighted by atomic mass is 35.5. The van der Waals surface area contributed by atoms with Gasteiger partial charge in [0.2, 0.25) is 5.91 Å². The SMILES string of the molecule is COc1ccc(Cl)cc1NC(=O)CNC(C(=O)O)C(C)C. The van der Waals surface area contributed by atoms with E-state index in [1.54, 1.807) is 32.0 Å². The number of aliphatic carboxylic acids is 1. The Morgan fingerprint density at radius 1 is 1.38 bits per heavy atom. The molecule has 0 aliphatic heterocycles. The molecule has 0 aliphatic rings. The first-order chi connectivity index (χ1) is 9.85. The van der Waals surface area contributed by atoms with Gasteiger partial charge in [0.15, 0.2) is 0 Å². The van der Waals surface area contributed by atoms with Crippen molar-refractivity contribution in [1.82, 2.24) is 5.32 Å². The molecule has 3 N–H and O–H groups in total. The van der Waals surface area contributed by atoms with Crippen molar-refractivity contribution in [3.05, 3.63) is 23.2 Å². The van der Waals surface area contributed by atoms with E-state index in [-0.39, 0.29) is 18.4 Å². The van der Waals surface area contributed by atoms with Gasteiger partial charge in [-0.1, -0.05) is 25.4 Å². The molecular formula is C14H19ClN2O4. The van der Waals surface area contributed by atoms with Crippen LogP contribution in [0, 0.1) is 5.92 Å². The molecule has 0 saturated heterocycles. The minimum Gasteiger partial charge on any atom is -0.495 e. The van der Waals surface area contributed by atoms with Gasteiger partial charge in [0, 0.05) is 5.02 Å². The van der Waals surface area contributed by atoms with Crippen LogP contribution in [-0.2, 0) is 9.59 Å². The van der Waals surface area contributed by atoms with Crippen LogP contribution in [0.2, 0.25) is 5.02 Å². The van der Waals surface area contributed by atoms with E-state index < -0.39 is 12.0 Å². The van der Waals surface area contributed by atoms with Crippen molar-refractivity contribution >= 4 is 29.2 Å². The maximum Gasteiger partial charge on any atom is 0.320 e. The molecule has 1 atom stereocenters. The Kier molecular flexibility index (Phi) is 6.45. The molecule has 1 amide bonds. The number of carboxylic acids is 1. The van der Waals surface area contributed by atoms with E-state index in [2.05, 4.69) is 10.6 Å². The van der Waals surface area contributed by atoms with Gasteiger partial charge in [-0.2, -0.15) is 0 Å². The minimum absolute atomic E-state index is 0.120. The summed E-state index contributed by atoms with van der Waals surface area (Å²) in [5.41, 5.74) is 0.438. The van der Waals surface area contributed by atoms with Crippen LogP contribution < -0.4 is 15.4 Å². The number of anilines is 1. The lowest BCUT2D eigenvalue weighted by Gasteiger charge is -2.18. The molecule has 7 heteroatoms. The van der Waals surface area contributed by atoms with Gasteiger partial charge in [0.25, 0.3) is 0 Å².